The fourth-order valence-electron chi connectivity index (χ4n) is 3.29. The lowest BCUT2D eigenvalue weighted by Crippen LogP contribution is -2.42. The number of methoxy groups -OCH3 is 1. The number of thiophene rings is 1. The van der Waals surface area contributed by atoms with Gasteiger partial charge < -0.3 is 24.4 Å². The molecule has 7 heteroatoms. The number of carbonyl (C=O) groups is 1. The zero-order chi connectivity index (χ0) is 19.8. The Labute approximate surface area is 170 Å². The van der Waals surface area contributed by atoms with E-state index in [4.69, 9.17) is 9.47 Å². The predicted molar refractivity (Wildman–Crippen MR) is 111 cm³/mol. The Bertz CT molecular complexity index is 737. The second-order valence-electron chi connectivity index (χ2n) is 6.89. The van der Waals surface area contributed by atoms with Crippen LogP contribution in [0.15, 0.2) is 41.8 Å². The first-order valence-corrected chi connectivity index (χ1v) is 10.4. The molecule has 2 aromatic rings. The van der Waals surface area contributed by atoms with Crippen molar-refractivity contribution in [3.8, 4) is 0 Å². The minimum Gasteiger partial charge on any atom is -0.389 e. The third kappa shape index (κ3) is 5.78. The van der Waals surface area contributed by atoms with Gasteiger partial charge in [0.05, 0.1) is 38.2 Å². The van der Waals surface area contributed by atoms with E-state index >= 15 is 0 Å². The number of nitrogens with zero attached hydrogens (tertiary/aromatic N) is 2. The van der Waals surface area contributed by atoms with Crippen LogP contribution in [0.5, 0.6) is 0 Å². The summed E-state index contributed by atoms with van der Waals surface area (Å²) in [6, 6.07) is 12.0. The Hall–Kier alpha value is -1.93. The first kappa shape index (κ1) is 20.8. The number of aliphatic hydroxyl groups excluding tert-OH is 1. The van der Waals surface area contributed by atoms with Gasteiger partial charge >= 0.3 is 0 Å². The molecule has 152 valence electrons. The molecule has 0 saturated heterocycles. The lowest BCUT2D eigenvalue weighted by molar-refractivity contribution is -0.132. The molecule has 0 unspecified atom stereocenters. The number of aliphatic hydroxyl groups is 1. The van der Waals surface area contributed by atoms with E-state index in [0.717, 1.165) is 16.1 Å². The number of rotatable bonds is 9. The molecule has 1 aliphatic rings. The third-order valence-electron chi connectivity index (χ3n) is 4.76. The van der Waals surface area contributed by atoms with E-state index in [2.05, 4.69) is 11.0 Å². The standard InChI is InChI=1S/C21H28N2O4S/c1-26-11-10-23-14-20-19(8-12-28-20)22(9-7-21(23)25)13-18(24)16-27-15-17-5-3-2-4-6-17/h2-6,8,12,18,24H,7,9-11,13-16H2,1H3/t18-/m1/s1. The van der Waals surface area contributed by atoms with E-state index in [1.807, 2.05) is 40.6 Å². The van der Waals surface area contributed by atoms with Crippen molar-refractivity contribution in [2.75, 3.05) is 44.9 Å². The average molecular weight is 405 g/mol. The van der Waals surface area contributed by atoms with E-state index in [-0.39, 0.29) is 12.5 Å². The van der Waals surface area contributed by atoms with Crippen LogP contribution < -0.4 is 4.90 Å². The summed E-state index contributed by atoms with van der Waals surface area (Å²) in [6.45, 7) is 3.50. The van der Waals surface area contributed by atoms with Crippen molar-refractivity contribution in [2.24, 2.45) is 0 Å². The Balaban J connectivity index is 1.56. The van der Waals surface area contributed by atoms with Crippen molar-refractivity contribution in [1.82, 2.24) is 4.90 Å². The van der Waals surface area contributed by atoms with Gasteiger partial charge in [-0.25, -0.2) is 0 Å². The summed E-state index contributed by atoms with van der Waals surface area (Å²) in [5.74, 6) is 0.121. The zero-order valence-electron chi connectivity index (χ0n) is 16.3. The number of amides is 1. The first-order chi connectivity index (χ1) is 13.7. The molecular weight excluding hydrogens is 376 g/mol. The molecule has 0 saturated carbocycles. The highest BCUT2D eigenvalue weighted by Crippen LogP contribution is 2.30. The molecule has 0 fully saturated rings. The van der Waals surface area contributed by atoms with Gasteiger partial charge in [-0.1, -0.05) is 30.3 Å². The van der Waals surface area contributed by atoms with Crippen LogP contribution in [0.1, 0.15) is 16.9 Å². The van der Waals surface area contributed by atoms with Crippen molar-refractivity contribution in [2.45, 2.75) is 25.7 Å². The van der Waals surface area contributed by atoms with E-state index in [1.54, 1.807) is 18.4 Å². The summed E-state index contributed by atoms with van der Waals surface area (Å²) in [6.07, 6.45) is -0.188. The van der Waals surface area contributed by atoms with Crippen LogP contribution in [0, 0.1) is 0 Å². The van der Waals surface area contributed by atoms with Gasteiger partial charge in [-0.15, -0.1) is 11.3 Å². The first-order valence-electron chi connectivity index (χ1n) is 9.55. The van der Waals surface area contributed by atoms with Gasteiger partial charge in [0.25, 0.3) is 0 Å². The van der Waals surface area contributed by atoms with Crippen LogP contribution >= 0.6 is 11.3 Å². The van der Waals surface area contributed by atoms with Gasteiger partial charge in [0.2, 0.25) is 5.91 Å². The molecule has 1 N–H and O–H groups in total. The molecule has 0 aliphatic carbocycles. The molecule has 1 aromatic heterocycles. The van der Waals surface area contributed by atoms with Crippen molar-refractivity contribution >= 4 is 22.9 Å². The smallest absolute Gasteiger partial charge is 0.224 e. The lowest BCUT2D eigenvalue weighted by Gasteiger charge is -2.32. The number of hydrogen-bond donors (Lipinski definition) is 1. The van der Waals surface area contributed by atoms with Gasteiger partial charge in [-0.3, -0.25) is 4.79 Å². The molecule has 1 aliphatic heterocycles. The minimum atomic E-state index is -0.615. The van der Waals surface area contributed by atoms with Crippen LogP contribution in [0.3, 0.4) is 0 Å². The maximum absolute atomic E-state index is 12.5. The monoisotopic (exact) mass is 404 g/mol. The summed E-state index contributed by atoms with van der Waals surface area (Å²) in [5.41, 5.74) is 2.19. The molecule has 6 nitrogen and oxygen atoms in total. The van der Waals surface area contributed by atoms with Crippen molar-refractivity contribution in [3.63, 3.8) is 0 Å². The van der Waals surface area contributed by atoms with Crippen LogP contribution in [0.25, 0.3) is 0 Å². The maximum atomic E-state index is 12.5. The topological polar surface area (TPSA) is 62.2 Å². The zero-order valence-corrected chi connectivity index (χ0v) is 17.1. The predicted octanol–water partition coefficient (Wildman–Crippen LogP) is 2.51. The average Bonchev–Trinajstić information content (AvgIpc) is 3.15. The Morgan fingerprint density at radius 2 is 2.04 bits per heavy atom. The number of β-amino-alcohol motifs (C(OH)–C–C–N with tert-alkyl or cyclic N) is 1. The quantitative estimate of drug-likeness (QED) is 0.696. The number of hydrogen-bond acceptors (Lipinski definition) is 6. The molecule has 0 radical (unpaired) electrons. The van der Waals surface area contributed by atoms with E-state index in [1.165, 1.54) is 0 Å². The Kier molecular flexibility index (Phi) is 7.85. The van der Waals surface area contributed by atoms with E-state index in [0.29, 0.717) is 45.8 Å². The van der Waals surface area contributed by atoms with Crippen molar-refractivity contribution < 1.29 is 19.4 Å². The van der Waals surface area contributed by atoms with Crippen LogP contribution in [-0.2, 0) is 27.4 Å². The van der Waals surface area contributed by atoms with E-state index in [9.17, 15) is 9.90 Å². The number of ether oxygens (including phenoxy) is 2. The SMILES string of the molecule is COCCN1Cc2sccc2N(C[C@@H](O)COCc2ccccc2)CCC1=O. The van der Waals surface area contributed by atoms with E-state index < -0.39 is 6.10 Å². The van der Waals surface area contributed by atoms with Gasteiger partial charge in [0.15, 0.2) is 0 Å². The van der Waals surface area contributed by atoms with Gasteiger partial charge in [-0.2, -0.15) is 0 Å². The highest BCUT2D eigenvalue weighted by atomic mass is 32.1. The van der Waals surface area contributed by atoms with Gasteiger partial charge in [0, 0.05) is 38.0 Å². The molecule has 0 bridgehead atoms. The summed E-state index contributed by atoms with van der Waals surface area (Å²) in [5, 5.41) is 12.5. The number of carbonyl (C=O) groups excluding carboxylic acids is 1. The van der Waals surface area contributed by atoms with Crippen molar-refractivity contribution in [1.29, 1.82) is 0 Å². The summed E-state index contributed by atoms with van der Waals surface area (Å²) >= 11 is 1.64. The molecule has 2 heterocycles. The van der Waals surface area contributed by atoms with Crippen molar-refractivity contribution in [3.05, 3.63) is 52.2 Å². The molecular formula is C21H28N2O4S. The highest BCUT2D eigenvalue weighted by Gasteiger charge is 2.24. The molecule has 3 rings (SSSR count). The van der Waals surface area contributed by atoms with Crippen LogP contribution in [0.2, 0.25) is 0 Å². The third-order valence-corrected chi connectivity index (χ3v) is 5.66. The Morgan fingerprint density at radius 1 is 1.21 bits per heavy atom. The molecule has 1 atom stereocenters. The number of benzene rings is 1. The number of fused-ring (bicyclic) bond motifs is 1. The highest BCUT2D eigenvalue weighted by molar-refractivity contribution is 7.10. The fourth-order valence-corrected chi connectivity index (χ4v) is 4.20. The maximum Gasteiger partial charge on any atom is 0.224 e. The lowest BCUT2D eigenvalue weighted by atomic mass is 10.2. The minimum absolute atomic E-state index is 0.121. The fraction of sp³-hybridized carbons (Fsp3) is 0.476. The largest absolute Gasteiger partial charge is 0.389 e. The second-order valence-corrected chi connectivity index (χ2v) is 7.89. The summed E-state index contributed by atoms with van der Waals surface area (Å²) in [4.78, 5) is 17.6. The number of anilines is 1. The summed E-state index contributed by atoms with van der Waals surface area (Å²) in [7, 11) is 1.65. The molecule has 1 amide bonds. The van der Waals surface area contributed by atoms with Gasteiger partial charge in [0.1, 0.15) is 0 Å². The molecule has 28 heavy (non-hydrogen) atoms. The summed E-state index contributed by atoms with van der Waals surface area (Å²) < 4.78 is 10.8. The normalized spacial score (nSPS) is 15.9. The van der Waals surface area contributed by atoms with Crippen LogP contribution in [-0.4, -0.2) is 62.0 Å². The van der Waals surface area contributed by atoms with Crippen LogP contribution in [0.4, 0.5) is 5.69 Å². The molecule has 0 spiro atoms. The molecule has 1 aromatic carbocycles. The second kappa shape index (κ2) is 10.6. The Morgan fingerprint density at radius 3 is 2.82 bits per heavy atom. The van der Waals surface area contributed by atoms with Gasteiger partial charge in [-0.05, 0) is 17.0 Å².